The van der Waals surface area contributed by atoms with Crippen LogP contribution in [0.4, 0.5) is 19.0 Å². The summed E-state index contributed by atoms with van der Waals surface area (Å²) in [6.07, 6.45) is -1.18. The van der Waals surface area contributed by atoms with Gasteiger partial charge in [-0.3, -0.25) is 4.90 Å². The number of fused-ring (bicyclic) bond motifs is 1. The molecule has 4 rings (SSSR count). The third-order valence-corrected chi connectivity index (χ3v) is 6.26. The van der Waals surface area contributed by atoms with Crippen molar-refractivity contribution in [3.8, 4) is 0 Å². The lowest BCUT2D eigenvalue weighted by Crippen LogP contribution is -2.41. The molecule has 0 radical (unpaired) electrons. The molecular weight excluding hydrogens is 357 g/mol. The zero-order chi connectivity index (χ0) is 19.2. The summed E-state index contributed by atoms with van der Waals surface area (Å²) >= 11 is 0. The van der Waals surface area contributed by atoms with Crippen LogP contribution >= 0.6 is 0 Å². The molecule has 3 aliphatic rings. The number of anilines is 1. The van der Waals surface area contributed by atoms with Gasteiger partial charge in [0, 0.05) is 25.3 Å². The average Bonchev–Trinajstić information content (AvgIpc) is 3.33. The summed E-state index contributed by atoms with van der Waals surface area (Å²) in [5.41, 5.74) is 0.771. The topological polar surface area (TPSA) is 42.3 Å². The number of rotatable bonds is 4. The molecule has 0 aromatic carbocycles. The van der Waals surface area contributed by atoms with Gasteiger partial charge in [-0.25, -0.2) is 4.68 Å². The van der Waals surface area contributed by atoms with E-state index >= 15 is 0 Å². The van der Waals surface area contributed by atoms with Gasteiger partial charge in [-0.1, -0.05) is 13.8 Å². The first kappa shape index (κ1) is 19.1. The highest BCUT2D eigenvalue weighted by Gasteiger charge is 2.47. The zero-order valence-electron chi connectivity index (χ0n) is 16.0. The predicted octanol–water partition coefficient (Wildman–Crippen LogP) is 4.00. The fraction of sp³-hybridized carbons (Fsp3) is 0.842. The Bertz CT molecular complexity index is 654. The summed E-state index contributed by atoms with van der Waals surface area (Å²) in [7, 11) is 0. The molecule has 0 bridgehead atoms. The third-order valence-electron chi connectivity index (χ3n) is 6.26. The second-order valence-corrected chi connectivity index (χ2v) is 8.57. The Kier molecular flexibility index (Phi) is 5.14. The van der Waals surface area contributed by atoms with Crippen LogP contribution in [0.25, 0.3) is 0 Å². The van der Waals surface area contributed by atoms with Crippen LogP contribution in [0, 0.1) is 11.8 Å². The number of hydrogen-bond acceptors (Lipinski definition) is 4. The number of aromatic nitrogens is 2. The maximum absolute atomic E-state index is 13.7. The van der Waals surface area contributed by atoms with Crippen LogP contribution in [0.15, 0.2) is 6.07 Å². The first-order valence-electron chi connectivity index (χ1n) is 10.1. The molecule has 5 nitrogen and oxygen atoms in total. The summed E-state index contributed by atoms with van der Waals surface area (Å²) < 4.78 is 47.7. The van der Waals surface area contributed by atoms with Crippen molar-refractivity contribution >= 4 is 5.82 Å². The lowest BCUT2D eigenvalue weighted by atomic mass is 9.94. The monoisotopic (exact) mass is 386 g/mol. The Morgan fingerprint density at radius 3 is 2.81 bits per heavy atom. The summed E-state index contributed by atoms with van der Waals surface area (Å²) in [5, 5.41) is 7.75. The number of likely N-dealkylation sites (tertiary alicyclic amines) is 1. The molecule has 1 aromatic heterocycles. The van der Waals surface area contributed by atoms with Crippen molar-refractivity contribution in [2.45, 2.75) is 63.8 Å². The minimum Gasteiger partial charge on any atom is -0.381 e. The van der Waals surface area contributed by atoms with Gasteiger partial charge in [0.15, 0.2) is 6.04 Å². The van der Waals surface area contributed by atoms with E-state index in [0.29, 0.717) is 11.7 Å². The number of nitrogens with zero attached hydrogens (tertiary/aromatic N) is 3. The van der Waals surface area contributed by atoms with Crippen molar-refractivity contribution < 1.29 is 17.9 Å². The van der Waals surface area contributed by atoms with E-state index in [0.717, 1.165) is 51.3 Å². The van der Waals surface area contributed by atoms with Crippen molar-refractivity contribution in [1.82, 2.24) is 14.7 Å². The molecule has 2 fully saturated rings. The van der Waals surface area contributed by atoms with Crippen LogP contribution in [0.1, 0.15) is 57.3 Å². The molecule has 0 unspecified atom stereocenters. The second kappa shape index (κ2) is 7.28. The lowest BCUT2D eigenvalue weighted by Gasteiger charge is -2.35. The molecule has 0 amide bonds. The minimum absolute atomic E-state index is 0.0308. The van der Waals surface area contributed by atoms with Crippen LogP contribution in [-0.4, -0.2) is 53.2 Å². The number of alkyl halides is 3. The van der Waals surface area contributed by atoms with E-state index in [2.05, 4.69) is 15.3 Å². The first-order chi connectivity index (χ1) is 12.8. The van der Waals surface area contributed by atoms with E-state index in [-0.39, 0.29) is 24.4 Å². The molecule has 0 spiro atoms. The van der Waals surface area contributed by atoms with Gasteiger partial charge in [0.2, 0.25) is 0 Å². The van der Waals surface area contributed by atoms with Crippen molar-refractivity contribution in [2.75, 3.05) is 31.6 Å². The molecule has 8 heteroatoms. The van der Waals surface area contributed by atoms with Gasteiger partial charge in [-0.2, -0.15) is 18.3 Å². The Hall–Kier alpha value is -1.28. The molecule has 152 valence electrons. The Morgan fingerprint density at radius 2 is 2.15 bits per heavy atom. The number of hydrogen-bond donors (Lipinski definition) is 1. The largest absolute Gasteiger partial charge is 0.410 e. The smallest absolute Gasteiger partial charge is 0.381 e. The SMILES string of the molecule is CC(C)[C@@H]1C[C@H](C(F)(F)F)n2nc([C@H]3CCCN3C[C@H]3CCOC3)cc2N1. The highest BCUT2D eigenvalue weighted by Crippen LogP contribution is 2.42. The first-order valence-corrected chi connectivity index (χ1v) is 10.1. The molecule has 4 atom stereocenters. The van der Waals surface area contributed by atoms with Gasteiger partial charge in [0.05, 0.1) is 18.3 Å². The van der Waals surface area contributed by atoms with Gasteiger partial charge in [-0.05, 0) is 44.1 Å². The van der Waals surface area contributed by atoms with Crippen LogP contribution in [0.2, 0.25) is 0 Å². The van der Waals surface area contributed by atoms with Crippen molar-refractivity contribution in [2.24, 2.45) is 11.8 Å². The molecule has 0 aliphatic carbocycles. The summed E-state index contributed by atoms with van der Waals surface area (Å²) in [6.45, 7) is 7.44. The molecular formula is C19H29F3N4O. The maximum atomic E-state index is 13.7. The van der Waals surface area contributed by atoms with Crippen LogP contribution in [0.3, 0.4) is 0 Å². The van der Waals surface area contributed by atoms with Crippen molar-refractivity contribution in [3.63, 3.8) is 0 Å². The lowest BCUT2D eigenvalue weighted by molar-refractivity contribution is -0.174. The fourth-order valence-corrected chi connectivity index (χ4v) is 4.66. The predicted molar refractivity (Wildman–Crippen MR) is 96.7 cm³/mol. The molecule has 1 N–H and O–H groups in total. The summed E-state index contributed by atoms with van der Waals surface area (Å²) in [4.78, 5) is 2.39. The average molecular weight is 386 g/mol. The normalized spacial score (nSPS) is 32.1. The van der Waals surface area contributed by atoms with E-state index in [4.69, 9.17) is 4.74 Å². The van der Waals surface area contributed by atoms with E-state index in [1.165, 1.54) is 4.68 Å². The van der Waals surface area contributed by atoms with Crippen LogP contribution in [-0.2, 0) is 4.74 Å². The second-order valence-electron chi connectivity index (χ2n) is 8.57. The van der Waals surface area contributed by atoms with Crippen molar-refractivity contribution in [1.29, 1.82) is 0 Å². The Balaban J connectivity index is 1.58. The number of nitrogens with one attached hydrogen (secondary N) is 1. The Morgan fingerprint density at radius 1 is 1.33 bits per heavy atom. The Labute approximate surface area is 158 Å². The zero-order valence-corrected chi connectivity index (χ0v) is 16.0. The fourth-order valence-electron chi connectivity index (χ4n) is 4.66. The molecule has 2 saturated heterocycles. The van der Waals surface area contributed by atoms with Gasteiger partial charge in [0.25, 0.3) is 0 Å². The quantitative estimate of drug-likeness (QED) is 0.849. The maximum Gasteiger partial charge on any atom is 0.410 e. The summed E-state index contributed by atoms with van der Waals surface area (Å²) in [6, 6.07) is 0.218. The highest BCUT2D eigenvalue weighted by atomic mass is 19.4. The molecule has 3 aliphatic heterocycles. The van der Waals surface area contributed by atoms with Crippen LogP contribution in [0.5, 0.6) is 0 Å². The molecule has 4 heterocycles. The third kappa shape index (κ3) is 3.83. The number of ether oxygens (including phenoxy) is 1. The van der Waals surface area contributed by atoms with E-state index < -0.39 is 12.2 Å². The van der Waals surface area contributed by atoms with Crippen LogP contribution < -0.4 is 5.32 Å². The molecule has 0 saturated carbocycles. The standard InChI is InChI=1S/C19H29F3N4O/c1-12(2)14-8-17(19(20,21)22)26-18(23-14)9-15(24-26)16-4-3-6-25(16)10-13-5-7-27-11-13/h9,12-14,16-17,23H,3-8,10-11H2,1-2H3/t13-,14+,16-,17-/m1/s1. The van der Waals surface area contributed by atoms with Gasteiger partial charge >= 0.3 is 6.18 Å². The van der Waals surface area contributed by atoms with Crippen molar-refractivity contribution in [3.05, 3.63) is 11.8 Å². The summed E-state index contributed by atoms with van der Waals surface area (Å²) in [5.74, 6) is 1.16. The van der Waals surface area contributed by atoms with E-state index in [1.807, 2.05) is 19.9 Å². The number of halogens is 3. The van der Waals surface area contributed by atoms with E-state index in [1.54, 1.807) is 0 Å². The van der Waals surface area contributed by atoms with Gasteiger partial charge in [-0.15, -0.1) is 0 Å². The van der Waals surface area contributed by atoms with Gasteiger partial charge in [0.1, 0.15) is 5.82 Å². The minimum atomic E-state index is -4.29. The van der Waals surface area contributed by atoms with Gasteiger partial charge < -0.3 is 10.1 Å². The molecule has 1 aromatic rings. The van der Waals surface area contributed by atoms with E-state index in [9.17, 15) is 13.2 Å². The highest BCUT2D eigenvalue weighted by molar-refractivity contribution is 5.42. The molecule has 27 heavy (non-hydrogen) atoms.